The van der Waals surface area contributed by atoms with E-state index in [1.807, 2.05) is 0 Å². The number of hydrogen-bond donors (Lipinski definition) is 2. The molecule has 1 saturated heterocycles. The smallest absolute Gasteiger partial charge is 0.160 e. The summed E-state index contributed by atoms with van der Waals surface area (Å²) in [4.78, 5) is 11.1. The van der Waals surface area contributed by atoms with Crippen LogP contribution in [-0.2, 0) is 6.42 Å². The van der Waals surface area contributed by atoms with E-state index in [0.29, 0.717) is 17.2 Å². The Morgan fingerprint density at radius 1 is 1.56 bits per heavy atom. The third-order valence-corrected chi connectivity index (χ3v) is 3.48. The number of carbonyl (C=O) groups is 1. The van der Waals surface area contributed by atoms with Gasteiger partial charge in [0.25, 0.3) is 0 Å². The first-order valence-corrected chi connectivity index (χ1v) is 6.30. The van der Waals surface area contributed by atoms with Crippen LogP contribution in [0.25, 0.3) is 0 Å². The molecular weight excluding hydrogens is 230 g/mol. The topological polar surface area (TPSA) is 58.6 Å². The van der Waals surface area contributed by atoms with Crippen molar-refractivity contribution in [2.75, 3.05) is 20.2 Å². The molecule has 2 N–H and O–H groups in total. The van der Waals surface area contributed by atoms with Gasteiger partial charge in [0.15, 0.2) is 11.5 Å². The predicted molar refractivity (Wildman–Crippen MR) is 69.3 cm³/mol. The number of phenols is 1. The normalized spacial score (nSPS) is 19.5. The molecule has 0 aromatic heterocycles. The van der Waals surface area contributed by atoms with Crippen molar-refractivity contribution < 1.29 is 14.6 Å². The maximum atomic E-state index is 11.1. The van der Waals surface area contributed by atoms with Crippen LogP contribution in [0.4, 0.5) is 0 Å². The van der Waals surface area contributed by atoms with E-state index in [9.17, 15) is 9.90 Å². The first-order chi connectivity index (χ1) is 8.74. The quantitative estimate of drug-likeness (QED) is 0.798. The summed E-state index contributed by atoms with van der Waals surface area (Å²) >= 11 is 0. The average molecular weight is 249 g/mol. The minimum absolute atomic E-state index is 0.0186. The lowest BCUT2D eigenvalue weighted by molar-refractivity contribution is 0.112. The van der Waals surface area contributed by atoms with E-state index < -0.39 is 0 Å². The Hall–Kier alpha value is -1.55. The molecule has 98 valence electrons. The van der Waals surface area contributed by atoms with Gasteiger partial charge in [0, 0.05) is 5.56 Å². The SMILES string of the molecule is COc1cc(CC2CCCNC2)c(C=O)cc1O. The minimum Gasteiger partial charge on any atom is -0.504 e. The Bertz CT molecular complexity index is 425. The number of hydrogen-bond acceptors (Lipinski definition) is 4. The molecule has 1 atom stereocenters. The van der Waals surface area contributed by atoms with Crippen molar-refractivity contribution in [2.45, 2.75) is 19.3 Å². The molecular formula is C14H19NO3. The van der Waals surface area contributed by atoms with Gasteiger partial charge in [-0.05, 0) is 56.0 Å². The molecule has 0 bridgehead atoms. The highest BCUT2D eigenvalue weighted by atomic mass is 16.5. The summed E-state index contributed by atoms with van der Waals surface area (Å²) in [6, 6.07) is 3.26. The number of rotatable bonds is 4. The van der Waals surface area contributed by atoms with Crippen LogP contribution in [0.15, 0.2) is 12.1 Å². The lowest BCUT2D eigenvalue weighted by Gasteiger charge is -2.23. The number of nitrogens with one attached hydrogen (secondary N) is 1. The van der Waals surface area contributed by atoms with Gasteiger partial charge in [-0.25, -0.2) is 0 Å². The number of methoxy groups -OCH3 is 1. The highest BCUT2D eigenvalue weighted by molar-refractivity contribution is 5.79. The van der Waals surface area contributed by atoms with Crippen LogP contribution in [0.1, 0.15) is 28.8 Å². The van der Waals surface area contributed by atoms with Gasteiger partial charge in [-0.2, -0.15) is 0 Å². The summed E-state index contributed by atoms with van der Waals surface area (Å²) in [6.07, 6.45) is 3.99. The highest BCUT2D eigenvalue weighted by Gasteiger charge is 2.17. The number of ether oxygens (including phenoxy) is 1. The molecule has 1 aliphatic rings. The molecule has 0 aliphatic carbocycles. The van der Waals surface area contributed by atoms with Gasteiger partial charge in [0.2, 0.25) is 0 Å². The molecule has 1 aromatic carbocycles. The molecule has 0 radical (unpaired) electrons. The Morgan fingerprint density at radius 3 is 3.00 bits per heavy atom. The van der Waals surface area contributed by atoms with Crippen LogP contribution in [-0.4, -0.2) is 31.6 Å². The van der Waals surface area contributed by atoms with E-state index in [2.05, 4.69) is 5.32 Å². The summed E-state index contributed by atoms with van der Waals surface area (Å²) < 4.78 is 5.09. The average Bonchev–Trinajstić information content (AvgIpc) is 2.41. The summed E-state index contributed by atoms with van der Waals surface area (Å²) in [6.45, 7) is 2.07. The fourth-order valence-corrected chi connectivity index (χ4v) is 2.49. The van der Waals surface area contributed by atoms with E-state index in [0.717, 1.165) is 31.4 Å². The molecule has 1 aliphatic heterocycles. The van der Waals surface area contributed by atoms with Gasteiger partial charge in [-0.1, -0.05) is 0 Å². The zero-order valence-corrected chi connectivity index (χ0v) is 10.6. The lowest BCUT2D eigenvalue weighted by atomic mass is 9.90. The predicted octanol–water partition coefficient (Wildman–Crippen LogP) is 1.76. The van der Waals surface area contributed by atoms with Crippen LogP contribution in [0.3, 0.4) is 0 Å². The molecule has 18 heavy (non-hydrogen) atoms. The van der Waals surface area contributed by atoms with Crippen LogP contribution >= 0.6 is 0 Å². The first kappa shape index (κ1) is 12.9. The van der Waals surface area contributed by atoms with E-state index >= 15 is 0 Å². The third kappa shape index (κ3) is 2.82. The van der Waals surface area contributed by atoms with Crippen molar-refractivity contribution >= 4 is 6.29 Å². The fraction of sp³-hybridized carbons (Fsp3) is 0.500. The van der Waals surface area contributed by atoms with Gasteiger partial charge in [-0.3, -0.25) is 4.79 Å². The number of carbonyl (C=O) groups excluding carboxylic acids is 1. The monoisotopic (exact) mass is 249 g/mol. The Labute approximate surface area is 107 Å². The number of piperidine rings is 1. The number of aromatic hydroxyl groups is 1. The van der Waals surface area contributed by atoms with Crippen molar-refractivity contribution in [2.24, 2.45) is 5.92 Å². The summed E-state index contributed by atoms with van der Waals surface area (Å²) in [5, 5.41) is 13.0. The molecule has 1 aromatic rings. The second kappa shape index (κ2) is 5.87. The van der Waals surface area contributed by atoms with E-state index in [-0.39, 0.29) is 5.75 Å². The Morgan fingerprint density at radius 2 is 2.39 bits per heavy atom. The molecule has 0 saturated carbocycles. The zero-order chi connectivity index (χ0) is 13.0. The Balaban J connectivity index is 2.21. The van der Waals surface area contributed by atoms with Crippen LogP contribution in [0.2, 0.25) is 0 Å². The fourth-order valence-electron chi connectivity index (χ4n) is 2.49. The second-order valence-electron chi connectivity index (χ2n) is 4.76. The second-order valence-corrected chi connectivity index (χ2v) is 4.76. The van der Waals surface area contributed by atoms with Gasteiger partial charge in [0.1, 0.15) is 6.29 Å². The molecule has 0 spiro atoms. The van der Waals surface area contributed by atoms with Gasteiger partial charge in [0.05, 0.1) is 7.11 Å². The highest BCUT2D eigenvalue weighted by Crippen LogP contribution is 2.30. The number of aldehydes is 1. The first-order valence-electron chi connectivity index (χ1n) is 6.30. The minimum atomic E-state index is 0.0186. The van der Waals surface area contributed by atoms with Crippen LogP contribution in [0.5, 0.6) is 11.5 Å². The van der Waals surface area contributed by atoms with Crippen molar-refractivity contribution in [3.63, 3.8) is 0 Å². The summed E-state index contributed by atoms with van der Waals surface area (Å²) in [5.41, 5.74) is 1.51. The van der Waals surface area contributed by atoms with Crippen molar-refractivity contribution in [1.82, 2.24) is 5.32 Å². The van der Waals surface area contributed by atoms with Crippen molar-refractivity contribution in [3.8, 4) is 11.5 Å². The van der Waals surface area contributed by atoms with E-state index in [1.54, 1.807) is 6.07 Å². The molecule has 1 unspecified atom stereocenters. The zero-order valence-electron chi connectivity index (χ0n) is 10.6. The molecule has 1 heterocycles. The third-order valence-electron chi connectivity index (χ3n) is 3.48. The van der Waals surface area contributed by atoms with E-state index in [1.165, 1.54) is 26.0 Å². The number of phenolic OH excluding ortho intramolecular Hbond substituents is 1. The van der Waals surface area contributed by atoms with Crippen LogP contribution < -0.4 is 10.1 Å². The summed E-state index contributed by atoms with van der Waals surface area (Å²) in [7, 11) is 1.52. The van der Waals surface area contributed by atoms with Gasteiger partial charge < -0.3 is 15.2 Å². The molecule has 4 heteroatoms. The maximum Gasteiger partial charge on any atom is 0.160 e. The van der Waals surface area contributed by atoms with Crippen LogP contribution in [0, 0.1) is 5.92 Å². The standard InChI is InChI=1S/C14H19NO3/c1-18-14-7-11(12(9-16)6-13(14)17)5-10-3-2-4-15-8-10/h6-7,9-10,15,17H,2-5,8H2,1H3. The summed E-state index contributed by atoms with van der Waals surface area (Å²) in [5.74, 6) is 0.996. The molecule has 1 fully saturated rings. The number of benzene rings is 1. The maximum absolute atomic E-state index is 11.1. The molecule has 4 nitrogen and oxygen atoms in total. The van der Waals surface area contributed by atoms with Gasteiger partial charge in [-0.15, -0.1) is 0 Å². The lowest BCUT2D eigenvalue weighted by Crippen LogP contribution is -2.31. The van der Waals surface area contributed by atoms with E-state index in [4.69, 9.17) is 4.74 Å². The largest absolute Gasteiger partial charge is 0.504 e. The Kier molecular flexibility index (Phi) is 4.20. The van der Waals surface area contributed by atoms with Gasteiger partial charge >= 0.3 is 0 Å². The molecule has 0 amide bonds. The molecule has 2 rings (SSSR count). The van der Waals surface area contributed by atoms with Crippen molar-refractivity contribution in [3.05, 3.63) is 23.3 Å². The van der Waals surface area contributed by atoms with Crippen molar-refractivity contribution in [1.29, 1.82) is 0 Å².